The average Bonchev–Trinajstić information content (AvgIpc) is 2.41. The monoisotopic (exact) mass is 263 g/mol. The molecule has 0 amide bonds. The van der Waals surface area contributed by atoms with Gasteiger partial charge in [0.2, 0.25) is 0 Å². The van der Waals surface area contributed by atoms with Gasteiger partial charge in [-0.3, -0.25) is 9.69 Å². The number of Topliss-reactive ketones (excluding diaryl/α,β-unsaturated/α-hetero) is 1. The van der Waals surface area contributed by atoms with Crippen LogP contribution in [0.2, 0.25) is 0 Å². The minimum absolute atomic E-state index is 0.0217. The molecule has 2 nitrogen and oxygen atoms in total. The molecule has 1 aliphatic heterocycles. The Kier molecular flexibility index (Phi) is 5.08. The summed E-state index contributed by atoms with van der Waals surface area (Å²) in [5.74, 6) is 0.506. The molecule has 1 aromatic carbocycles. The van der Waals surface area contributed by atoms with E-state index in [0.29, 0.717) is 12.1 Å². The molecule has 0 aliphatic carbocycles. The average molecular weight is 263 g/mol. The highest BCUT2D eigenvalue weighted by molar-refractivity contribution is 5.97. The Balaban J connectivity index is 1.84. The zero-order valence-electron chi connectivity index (χ0n) is 11.6. The maximum atomic E-state index is 13.1. The number of benzene rings is 1. The Hall–Kier alpha value is -1.22. The van der Waals surface area contributed by atoms with Gasteiger partial charge in [0.05, 0.1) is 6.54 Å². The van der Waals surface area contributed by atoms with Crippen molar-refractivity contribution in [3.8, 4) is 0 Å². The van der Waals surface area contributed by atoms with Crippen molar-refractivity contribution in [3.63, 3.8) is 0 Å². The Morgan fingerprint density at radius 3 is 2.74 bits per heavy atom. The van der Waals surface area contributed by atoms with Crippen molar-refractivity contribution in [2.75, 3.05) is 19.6 Å². The van der Waals surface area contributed by atoms with Crippen LogP contribution in [0.3, 0.4) is 0 Å². The molecule has 3 heteroatoms. The van der Waals surface area contributed by atoms with Gasteiger partial charge in [0, 0.05) is 5.56 Å². The Labute approximate surface area is 114 Å². The van der Waals surface area contributed by atoms with E-state index in [1.165, 1.54) is 37.8 Å². The van der Waals surface area contributed by atoms with Gasteiger partial charge in [-0.1, -0.05) is 31.9 Å². The number of likely N-dealkylation sites (tertiary alicyclic amines) is 1. The van der Waals surface area contributed by atoms with Crippen LogP contribution in [0.1, 0.15) is 43.0 Å². The van der Waals surface area contributed by atoms with Crippen LogP contribution in [0.15, 0.2) is 24.3 Å². The fourth-order valence-corrected chi connectivity index (χ4v) is 2.80. The van der Waals surface area contributed by atoms with Crippen molar-refractivity contribution in [2.24, 2.45) is 5.92 Å². The zero-order chi connectivity index (χ0) is 13.7. The molecule has 0 bridgehead atoms. The molecule has 104 valence electrons. The molecule has 0 unspecified atom stereocenters. The number of carbonyl (C=O) groups excluding carboxylic acids is 1. The number of hydrogen-bond acceptors (Lipinski definition) is 2. The van der Waals surface area contributed by atoms with Crippen molar-refractivity contribution in [2.45, 2.75) is 32.6 Å². The van der Waals surface area contributed by atoms with Crippen molar-refractivity contribution in [3.05, 3.63) is 35.6 Å². The number of halogens is 1. The number of rotatable bonds is 5. The molecule has 0 radical (unpaired) electrons. The summed E-state index contributed by atoms with van der Waals surface area (Å²) in [6.07, 6.45) is 4.91. The lowest BCUT2D eigenvalue weighted by Gasteiger charge is -2.31. The molecule has 1 heterocycles. The molecule has 0 saturated carbocycles. The molecule has 0 atom stereocenters. The Morgan fingerprint density at radius 1 is 1.37 bits per heavy atom. The summed E-state index contributed by atoms with van der Waals surface area (Å²) >= 11 is 0. The topological polar surface area (TPSA) is 20.3 Å². The molecule has 1 saturated heterocycles. The van der Waals surface area contributed by atoms with Crippen molar-refractivity contribution >= 4 is 5.78 Å². The summed E-state index contributed by atoms with van der Waals surface area (Å²) in [6.45, 7) is 4.62. The van der Waals surface area contributed by atoms with Gasteiger partial charge >= 0.3 is 0 Å². The summed E-state index contributed by atoms with van der Waals surface area (Å²) in [4.78, 5) is 14.3. The minimum atomic E-state index is -0.340. The van der Waals surface area contributed by atoms with E-state index in [2.05, 4.69) is 11.8 Å². The maximum Gasteiger partial charge on any atom is 0.176 e. The molecule has 2 rings (SSSR count). The fraction of sp³-hybridized carbons (Fsp3) is 0.562. The third-order valence-electron chi connectivity index (χ3n) is 3.92. The molecular formula is C16H22FNO. The van der Waals surface area contributed by atoms with Crippen LogP contribution in [-0.2, 0) is 0 Å². The first-order valence-corrected chi connectivity index (χ1v) is 7.20. The molecular weight excluding hydrogens is 241 g/mol. The van der Waals surface area contributed by atoms with Gasteiger partial charge < -0.3 is 0 Å². The number of piperidine rings is 1. The van der Waals surface area contributed by atoms with E-state index in [1.807, 2.05) is 0 Å². The summed E-state index contributed by atoms with van der Waals surface area (Å²) in [5.41, 5.74) is 0.482. The first-order chi connectivity index (χ1) is 9.19. The second-order valence-electron chi connectivity index (χ2n) is 5.44. The Bertz CT molecular complexity index is 425. The van der Waals surface area contributed by atoms with E-state index in [0.717, 1.165) is 19.0 Å². The van der Waals surface area contributed by atoms with E-state index in [4.69, 9.17) is 0 Å². The van der Waals surface area contributed by atoms with Gasteiger partial charge in [0.15, 0.2) is 5.78 Å². The third kappa shape index (κ3) is 4.13. The van der Waals surface area contributed by atoms with E-state index in [1.54, 1.807) is 12.1 Å². The van der Waals surface area contributed by atoms with E-state index in [-0.39, 0.29) is 11.6 Å². The molecule has 0 N–H and O–H groups in total. The molecule has 1 aliphatic rings. The van der Waals surface area contributed by atoms with E-state index < -0.39 is 0 Å². The van der Waals surface area contributed by atoms with E-state index in [9.17, 15) is 9.18 Å². The number of hydrogen-bond donors (Lipinski definition) is 0. The van der Waals surface area contributed by atoms with Gasteiger partial charge in [-0.25, -0.2) is 4.39 Å². The van der Waals surface area contributed by atoms with Gasteiger partial charge in [0.1, 0.15) is 5.82 Å². The predicted octanol–water partition coefficient (Wildman–Crippen LogP) is 3.52. The van der Waals surface area contributed by atoms with Crippen molar-refractivity contribution < 1.29 is 9.18 Å². The van der Waals surface area contributed by atoms with Crippen LogP contribution in [0.5, 0.6) is 0 Å². The molecule has 1 fully saturated rings. The van der Waals surface area contributed by atoms with Gasteiger partial charge in [-0.05, 0) is 44.0 Å². The highest BCUT2D eigenvalue weighted by Crippen LogP contribution is 2.21. The van der Waals surface area contributed by atoms with Gasteiger partial charge in [-0.15, -0.1) is 0 Å². The minimum Gasteiger partial charge on any atom is -0.296 e. The van der Waals surface area contributed by atoms with Crippen LogP contribution in [0.4, 0.5) is 4.39 Å². The predicted molar refractivity (Wildman–Crippen MR) is 74.8 cm³/mol. The number of nitrogens with zero attached hydrogens (tertiary/aromatic N) is 1. The van der Waals surface area contributed by atoms with Crippen molar-refractivity contribution in [1.82, 2.24) is 4.90 Å². The summed E-state index contributed by atoms with van der Waals surface area (Å²) in [7, 11) is 0. The largest absolute Gasteiger partial charge is 0.296 e. The number of ketones is 1. The molecule has 0 aromatic heterocycles. The van der Waals surface area contributed by atoms with Crippen LogP contribution >= 0.6 is 0 Å². The van der Waals surface area contributed by atoms with E-state index >= 15 is 0 Å². The van der Waals surface area contributed by atoms with Crippen LogP contribution in [-0.4, -0.2) is 30.3 Å². The fourth-order valence-electron chi connectivity index (χ4n) is 2.80. The second kappa shape index (κ2) is 6.80. The maximum absolute atomic E-state index is 13.1. The normalized spacial score (nSPS) is 17.6. The highest BCUT2D eigenvalue weighted by atomic mass is 19.1. The van der Waals surface area contributed by atoms with Crippen LogP contribution in [0.25, 0.3) is 0 Å². The second-order valence-corrected chi connectivity index (χ2v) is 5.44. The lowest BCUT2D eigenvalue weighted by molar-refractivity contribution is 0.0892. The SMILES string of the molecule is CCCC1CCN(CC(=O)c2cccc(F)c2)CC1. The lowest BCUT2D eigenvalue weighted by Crippen LogP contribution is -2.37. The van der Waals surface area contributed by atoms with Crippen LogP contribution in [0, 0.1) is 11.7 Å². The molecule has 19 heavy (non-hydrogen) atoms. The molecule has 1 aromatic rings. The zero-order valence-corrected chi connectivity index (χ0v) is 11.6. The standard InChI is InChI=1S/C16H22FNO/c1-2-4-13-7-9-18(10-8-13)12-16(19)14-5-3-6-15(17)11-14/h3,5-6,11,13H,2,4,7-10,12H2,1H3. The van der Waals surface area contributed by atoms with Crippen LogP contribution < -0.4 is 0 Å². The number of carbonyl (C=O) groups is 1. The summed E-state index contributed by atoms with van der Waals surface area (Å²) in [5, 5.41) is 0. The Morgan fingerprint density at radius 2 is 2.11 bits per heavy atom. The van der Waals surface area contributed by atoms with Gasteiger partial charge in [-0.2, -0.15) is 0 Å². The highest BCUT2D eigenvalue weighted by Gasteiger charge is 2.20. The molecule has 0 spiro atoms. The van der Waals surface area contributed by atoms with Gasteiger partial charge in [0.25, 0.3) is 0 Å². The lowest BCUT2D eigenvalue weighted by atomic mass is 9.92. The smallest absolute Gasteiger partial charge is 0.176 e. The third-order valence-corrected chi connectivity index (χ3v) is 3.92. The first kappa shape index (κ1) is 14.2. The quantitative estimate of drug-likeness (QED) is 0.758. The first-order valence-electron chi connectivity index (χ1n) is 7.20. The summed E-state index contributed by atoms with van der Waals surface area (Å²) in [6, 6.07) is 5.98. The summed E-state index contributed by atoms with van der Waals surface area (Å²) < 4.78 is 13.1. The van der Waals surface area contributed by atoms with Crippen molar-refractivity contribution in [1.29, 1.82) is 0 Å².